The van der Waals surface area contributed by atoms with Gasteiger partial charge in [0.1, 0.15) is 5.75 Å². The highest BCUT2D eigenvalue weighted by Crippen LogP contribution is 2.32. The van der Waals surface area contributed by atoms with Crippen molar-refractivity contribution >= 4 is 11.6 Å². The van der Waals surface area contributed by atoms with Gasteiger partial charge in [0, 0.05) is 18.3 Å². The van der Waals surface area contributed by atoms with E-state index >= 15 is 0 Å². The van der Waals surface area contributed by atoms with Gasteiger partial charge in [-0.3, -0.25) is 4.79 Å². The molecule has 0 radical (unpaired) electrons. The van der Waals surface area contributed by atoms with Crippen LogP contribution in [0.15, 0.2) is 18.2 Å². The number of nitrogens with one attached hydrogen (secondary N) is 1. The van der Waals surface area contributed by atoms with Crippen molar-refractivity contribution in [3.8, 4) is 5.75 Å². The third kappa shape index (κ3) is 2.92. The highest BCUT2D eigenvalue weighted by atomic mass is 16.5. The molecule has 0 heterocycles. The molecule has 2 rings (SSSR count). The molecule has 0 aromatic heterocycles. The van der Waals surface area contributed by atoms with Crippen molar-refractivity contribution in [2.75, 3.05) is 19.4 Å². The molecule has 5 nitrogen and oxygen atoms in total. The summed E-state index contributed by atoms with van der Waals surface area (Å²) in [4.78, 5) is 11.9. The van der Waals surface area contributed by atoms with Crippen LogP contribution in [0.1, 0.15) is 23.2 Å². The van der Waals surface area contributed by atoms with Crippen LogP contribution in [0.25, 0.3) is 0 Å². The minimum absolute atomic E-state index is 0.269. The van der Waals surface area contributed by atoms with Gasteiger partial charge < -0.3 is 20.9 Å². The molecule has 4 N–H and O–H groups in total. The quantitative estimate of drug-likeness (QED) is 0.674. The second-order valence-corrected chi connectivity index (χ2v) is 4.57. The van der Waals surface area contributed by atoms with Crippen molar-refractivity contribution in [1.29, 1.82) is 0 Å². The fourth-order valence-electron chi connectivity index (χ4n) is 1.81. The Morgan fingerprint density at radius 1 is 1.61 bits per heavy atom. The molecule has 1 atom stereocenters. The van der Waals surface area contributed by atoms with Crippen molar-refractivity contribution in [2.45, 2.75) is 18.9 Å². The first-order chi connectivity index (χ1) is 8.61. The molecule has 1 aliphatic rings. The number of ether oxygens (including phenoxy) is 1. The zero-order valence-electron chi connectivity index (χ0n) is 10.3. The number of carbonyl (C=O) groups excluding carboxylic acids is 1. The molecule has 0 spiro atoms. The molecule has 1 saturated carbocycles. The molecule has 1 amide bonds. The number of aliphatic hydroxyl groups is 1. The van der Waals surface area contributed by atoms with Crippen LogP contribution in [-0.4, -0.2) is 30.8 Å². The third-order valence-corrected chi connectivity index (χ3v) is 3.14. The van der Waals surface area contributed by atoms with Gasteiger partial charge in [0.15, 0.2) is 0 Å². The number of nitrogens with two attached hydrogens (primary N) is 1. The average molecular weight is 250 g/mol. The van der Waals surface area contributed by atoms with Gasteiger partial charge in [0.25, 0.3) is 5.91 Å². The van der Waals surface area contributed by atoms with E-state index in [1.807, 2.05) is 0 Å². The lowest BCUT2D eigenvalue weighted by atomic mass is 10.1. The maximum atomic E-state index is 11.9. The van der Waals surface area contributed by atoms with Crippen LogP contribution in [0.2, 0.25) is 0 Å². The van der Waals surface area contributed by atoms with E-state index in [1.54, 1.807) is 25.3 Å². The number of anilines is 1. The van der Waals surface area contributed by atoms with Crippen molar-refractivity contribution in [3.05, 3.63) is 23.8 Å². The number of hydrogen-bond donors (Lipinski definition) is 3. The van der Waals surface area contributed by atoms with Crippen LogP contribution in [-0.2, 0) is 0 Å². The predicted octanol–water partition coefficient (Wildman–Crippen LogP) is 0.778. The summed E-state index contributed by atoms with van der Waals surface area (Å²) in [5, 5.41) is 12.4. The fourth-order valence-corrected chi connectivity index (χ4v) is 1.81. The lowest BCUT2D eigenvalue weighted by Gasteiger charge is -2.12. The van der Waals surface area contributed by atoms with Gasteiger partial charge in [-0.05, 0) is 30.9 Å². The summed E-state index contributed by atoms with van der Waals surface area (Å²) in [6, 6.07) is 4.90. The van der Waals surface area contributed by atoms with Gasteiger partial charge in [-0.2, -0.15) is 0 Å². The summed E-state index contributed by atoms with van der Waals surface area (Å²) in [7, 11) is 1.54. The maximum absolute atomic E-state index is 11.9. The molecule has 1 aromatic rings. The van der Waals surface area contributed by atoms with Crippen LogP contribution in [0.4, 0.5) is 5.69 Å². The van der Waals surface area contributed by atoms with E-state index in [9.17, 15) is 9.90 Å². The second kappa shape index (κ2) is 5.27. The largest absolute Gasteiger partial charge is 0.497 e. The molecule has 1 aliphatic carbocycles. The Morgan fingerprint density at radius 2 is 2.33 bits per heavy atom. The standard InChI is InChI=1S/C13H18N2O3/c1-18-9-4-5-10(11(14)6-9)13(17)15-7-12(16)8-2-3-8/h4-6,8,12,16H,2-3,7,14H2,1H3,(H,15,17). The minimum Gasteiger partial charge on any atom is -0.497 e. The molecule has 1 fully saturated rings. The van der Waals surface area contributed by atoms with Crippen LogP contribution in [0.3, 0.4) is 0 Å². The molecule has 0 bridgehead atoms. The topological polar surface area (TPSA) is 84.6 Å². The Balaban J connectivity index is 1.95. The van der Waals surface area contributed by atoms with Gasteiger partial charge in [0.05, 0.1) is 18.8 Å². The summed E-state index contributed by atoms with van der Waals surface area (Å²) < 4.78 is 5.02. The van der Waals surface area contributed by atoms with Gasteiger partial charge in [-0.25, -0.2) is 0 Å². The Hall–Kier alpha value is -1.75. The van der Waals surface area contributed by atoms with Crippen LogP contribution in [0, 0.1) is 5.92 Å². The summed E-state index contributed by atoms with van der Waals surface area (Å²) in [6.07, 6.45) is 1.64. The van der Waals surface area contributed by atoms with Crippen molar-refractivity contribution in [1.82, 2.24) is 5.32 Å². The summed E-state index contributed by atoms with van der Waals surface area (Å²) in [5.41, 5.74) is 6.54. The van der Waals surface area contributed by atoms with Gasteiger partial charge in [-0.1, -0.05) is 0 Å². The number of nitrogen functional groups attached to an aromatic ring is 1. The summed E-state index contributed by atoms with van der Waals surface area (Å²) in [5.74, 6) is 0.690. The zero-order chi connectivity index (χ0) is 13.1. The summed E-state index contributed by atoms with van der Waals surface area (Å²) in [6.45, 7) is 0.273. The number of benzene rings is 1. The molecule has 98 valence electrons. The average Bonchev–Trinajstić information content (AvgIpc) is 3.19. The molecular formula is C13H18N2O3. The number of hydrogen-bond acceptors (Lipinski definition) is 4. The third-order valence-electron chi connectivity index (χ3n) is 3.14. The van der Waals surface area contributed by atoms with Gasteiger partial charge in [-0.15, -0.1) is 0 Å². The fraction of sp³-hybridized carbons (Fsp3) is 0.462. The Labute approximate surface area is 106 Å². The van der Waals surface area contributed by atoms with E-state index in [-0.39, 0.29) is 12.5 Å². The first kappa shape index (κ1) is 12.7. The number of rotatable bonds is 5. The van der Waals surface area contributed by atoms with Crippen LogP contribution >= 0.6 is 0 Å². The lowest BCUT2D eigenvalue weighted by molar-refractivity contribution is 0.0902. The number of aliphatic hydroxyl groups excluding tert-OH is 1. The van der Waals surface area contributed by atoms with E-state index in [2.05, 4.69) is 5.32 Å². The molecule has 5 heteroatoms. The van der Waals surface area contributed by atoms with Crippen molar-refractivity contribution in [2.24, 2.45) is 5.92 Å². The number of methoxy groups -OCH3 is 1. The SMILES string of the molecule is COc1ccc(C(=O)NCC(O)C2CC2)c(N)c1. The highest BCUT2D eigenvalue weighted by Gasteiger charge is 2.29. The van der Waals surface area contributed by atoms with E-state index in [0.717, 1.165) is 12.8 Å². The normalized spacial score (nSPS) is 16.1. The van der Waals surface area contributed by atoms with E-state index in [1.165, 1.54) is 0 Å². The first-order valence-corrected chi connectivity index (χ1v) is 6.01. The predicted molar refractivity (Wildman–Crippen MR) is 68.5 cm³/mol. The minimum atomic E-state index is -0.451. The van der Waals surface area contributed by atoms with E-state index in [0.29, 0.717) is 22.9 Å². The molecule has 1 aromatic carbocycles. The molecule has 0 aliphatic heterocycles. The Kier molecular flexibility index (Phi) is 3.72. The van der Waals surface area contributed by atoms with Crippen molar-refractivity contribution < 1.29 is 14.6 Å². The molecular weight excluding hydrogens is 232 g/mol. The van der Waals surface area contributed by atoms with Crippen molar-refractivity contribution in [3.63, 3.8) is 0 Å². The van der Waals surface area contributed by atoms with E-state index in [4.69, 9.17) is 10.5 Å². The highest BCUT2D eigenvalue weighted by molar-refractivity contribution is 5.99. The Morgan fingerprint density at radius 3 is 2.89 bits per heavy atom. The molecule has 18 heavy (non-hydrogen) atoms. The van der Waals surface area contributed by atoms with Crippen LogP contribution in [0.5, 0.6) is 5.75 Å². The maximum Gasteiger partial charge on any atom is 0.253 e. The number of carbonyl (C=O) groups is 1. The van der Waals surface area contributed by atoms with E-state index < -0.39 is 6.10 Å². The van der Waals surface area contributed by atoms with Gasteiger partial charge >= 0.3 is 0 Å². The smallest absolute Gasteiger partial charge is 0.253 e. The second-order valence-electron chi connectivity index (χ2n) is 4.57. The first-order valence-electron chi connectivity index (χ1n) is 6.01. The monoisotopic (exact) mass is 250 g/mol. The molecule has 1 unspecified atom stereocenters. The van der Waals surface area contributed by atoms with Gasteiger partial charge in [0.2, 0.25) is 0 Å². The molecule has 0 saturated heterocycles. The number of amides is 1. The summed E-state index contributed by atoms with van der Waals surface area (Å²) >= 11 is 0. The van der Waals surface area contributed by atoms with Crippen LogP contribution < -0.4 is 15.8 Å². The lowest BCUT2D eigenvalue weighted by Crippen LogP contribution is -2.33. The Bertz CT molecular complexity index is 444. The zero-order valence-corrected chi connectivity index (χ0v) is 10.3.